The molecule has 0 bridgehead atoms. The van der Waals surface area contributed by atoms with Crippen LogP contribution in [0.4, 0.5) is 0 Å². The Labute approximate surface area is 125 Å². The predicted molar refractivity (Wildman–Crippen MR) is 86.4 cm³/mol. The lowest BCUT2D eigenvalue weighted by Gasteiger charge is -2.45. The molecule has 1 rings (SSSR count). The maximum Gasteiger partial charge on any atom is 0.0850 e. The Hall–Kier alpha value is -0.380. The summed E-state index contributed by atoms with van der Waals surface area (Å²) in [6.45, 7) is 8.99. The van der Waals surface area contributed by atoms with Gasteiger partial charge in [-0.15, -0.1) is 6.58 Å². The molecule has 3 N–H and O–H groups in total. The molecule has 0 aliphatic heterocycles. The van der Waals surface area contributed by atoms with Crippen LogP contribution < -0.4 is 11.3 Å². The Bertz CT molecular complexity index is 266. The highest BCUT2D eigenvalue weighted by atomic mass is 16.5. The first-order valence-corrected chi connectivity index (χ1v) is 8.39. The lowest BCUT2D eigenvalue weighted by molar-refractivity contribution is -0.102. The summed E-state index contributed by atoms with van der Waals surface area (Å²) in [6, 6.07) is 0.286. The van der Waals surface area contributed by atoms with Crippen LogP contribution >= 0.6 is 0 Å². The first-order chi connectivity index (χ1) is 9.68. The molecule has 3 nitrogen and oxygen atoms in total. The van der Waals surface area contributed by atoms with Crippen molar-refractivity contribution in [3.63, 3.8) is 0 Å². The minimum Gasteiger partial charge on any atom is -0.374 e. The third-order valence-electron chi connectivity index (χ3n) is 4.66. The summed E-state index contributed by atoms with van der Waals surface area (Å²) < 4.78 is 6.21. The van der Waals surface area contributed by atoms with E-state index in [0.717, 1.165) is 38.2 Å². The van der Waals surface area contributed by atoms with E-state index >= 15 is 0 Å². The molecule has 118 valence electrons. The average molecular weight is 282 g/mol. The van der Waals surface area contributed by atoms with E-state index in [0.29, 0.717) is 0 Å². The molecule has 0 aromatic carbocycles. The van der Waals surface area contributed by atoms with Gasteiger partial charge in [0, 0.05) is 6.61 Å². The van der Waals surface area contributed by atoms with Crippen molar-refractivity contribution in [2.24, 2.45) is 11.8 Å². The number of nitrogens with two attached hydrogens (primary N) is 1. The van der Waals surface area contributed by atoms with Gasteiger partial charge in [0.25, 0.3) is 0 Å². The van der Waals surface area contributed by atoms with Crippen LogP contribution in [-0.4, -0.2) is 18.2 Å². The fourth-order valence-corrected chi connectivity index (χ4v) is 3.69. The zero-order valence-corrected chi connectivity index (χ0v) is 13.5. The summed E-state index contributed by atoms with van der Waals surface area (Å²) in [6.07, 6.45) is 12.8. The van der Waals surface area contributed by atoms with Crippen molar-refractivity contribution in [3.05, 3.63) is 12.7 Å². The van der Waals surface area contributed by atoms with Crippen LogP contribution in [0, 0.1) is 5.92 Å². The smallest absolute Gasteiger partial charge is 0.0850 e. The maximum absolute atomic E-state index is 6.21. The van der Waals surface area contributed by atoms with Gasteiger partial charge in [-0.2, -0.15) is 0 Å². The summed E-state index contributed by atoms with van der Waals surface area (Å²) in [4.78, 5) is 0. The van der Waals surface area contributed by atoms with Gasteiger partial charge in [-0.25, -0.2) is 0 Å². The van der Waals surface area contributed by atoms with Crippen molar-refractivity contribution in [2.45, 2.75) is 83.3 Å². The largest absolute Gasteiger partial charge is 0.374 e. The van der Waals surface area contributed by atoms with E-state index in [4.69, 9.17) is 10.6 Å². The average Bonchev–Trinajstić information content (AvgIpc) is 2.43. The highest BCUT2D eigenvalue weighted by molar-refractivity contribution is 4.96. The Morgan fingerprint density at radius 1 is 1.45 bits per heavy atom. The fraction of sp³-hybridized carbons (Fsp3) is 0.882. The number of hydrazine groups is 1. The SMILES string of the molecule is C=CCCCCCC(NN)C1(OCC)CCCC(C)C1. The number of ether oxygens (including phenoxy) is 1. The number of hydrogen-bond donors (Lipinski definition) is 2. The van der Waals surface area contributed by atoms with Crippen LogP contribution in [0.5, 0.6) is 0 Å². The minimum absolute atomic E-state index is 0.0421. The molecule has 0 spiro atoms. The van der Waals surface area contributed by atoms with Gasteiger partial charge in [0.15, 0.2) is 0 Å². The lowest BCUT2D eigenvalue weighted by atomic mass is 9.73. The summed E-state index contributed by atoms with van der Waals surface area (Å²) in [5.41, 5.74) is 3.02. The van der Waals surface area contributed by atoms with Gasteiger partial charge in [0.2, 0.25) is 0 Å². The Morgan fingerprint density at radius 2 is 2.25 bits per heavy atom. The van der Waals surface area contributed by atoms with Gasteiger partial charge in [0.05, 0.1) is 11.6 Å². The molecular formula is C17H34N2O. The Balaban J connectivity index is 2.54. The van der Waals surface area contributed by atoms with E-state index in [1.165, 1.54) is 32.1 Å². The number of unbranched alkanes of at least 4 members (excludes halogenated alkanes) is 3. The highest BCUT2D eigenvalue weighted by Crippen LogP contribution is 2.39. The van der Waals surface area contributed by atoms with Gasteiger partial charge in [-0.05, 0) is 44.9 Å². The second kappa shape index (κ2) is 9.54. The van der Waals surface area contributed by atoms with E-state index in [-0.39, 0.29) is 11.6 Å². The molecule has 0 saturated heterocycles. The van der Waals surface area contributed by atoms with Crippen LogP contribution in [-0.2, 0) is 4.74 Å². The topological polar surface area (TPSA) is 47.3 Å². The van der Waals surface area contributed by atoms with Crippen molar-refractivity contribution in [1.29, 1.82) is 0 Å². The molecule has 3 unspecified atom stereocenters. The number of allylic oxidation sites excluding steroid dienone is 1. The Morgan fingerprint density at radius 3 is 2.85 bits per heavy atom. The molecule has 1 aliphatic carbocycles. The van der Waals surface area contributed by atoms with Crippen molar-refractivity contribution in [2.75, 3.05) is 6.61 Å². The van der Waals surface area contributed by atoms with Crippen LogP contribution in [0.2, 0.25) is 0 Å². The van der Waals surface area contributed by atoms with E-state index in [2.05, 4.69) is 25.9 Å². The first-order valence-electron chi connectivity index (χ1n) is 8.39. The highest BCUT2D eigenvalue weighted by Gasteiger charge is 2.41. The second-order valence-electron chi connectivity index (χ2n) is 6.35. The maximum atomic E-state index is 6.21. The molecule has 3 atom stereocenters. The van der Waals surface area contributed by atoms with E-state index in [1.54, 1.807) is 0 Å². The van der Waals surface area contributed by atoms with Gasteiger partial charge >= 0.3 is 0 Å². The monoisotopic (exact) mass is 282 g/mol. The zero-order valence-electron chi connectivity index (χ0n) is 13.5. The normalized spacial score (nSPS) is 28.2. The molecule has 0 amide bonds. The summed E-state index contributed by atoms with van der Waals surface area (Å²) in [7, 11) is 0. The third-order valence-corrected chi connectivity index (χ3v) is 4.66. The summed E-state index contributed by atoms with van der Waals surface area (Å²) in [5, 5.41) is 0. The number of nitrogens with one attached hydrogen (secondary N) is 1. The third kappa shape index (κ3) is 5.19. The van der Waals surface area contributed by atoms with Crippen LogP contribution in [0.25, 0.3) is 0 Å². The number of hydrogen-bond acceptors (Lipinski definition) is 3. The Kier molecular flexibility index (Phi) is 8.43. The second-order valence-corrected chi connectivity index (χ2v) is 6.35. The molecule has 0 aromatic rings. The van der Waals surface area contributed by atoms with E-state index in [9.17, 15) is 0 Å². The molecular weight excluding hydrogens is 248 g/mol. The van der Waals surface area contributed by atoms with Crippen molar-refractivity contribution in [3.8, 4) is 0 Å². The van der Waals surface area contributed by atoms with Gasteiger partial charge in [-0.1, -0.05) is 38.7 Å². The molecule has 3 heteroatoms. The van der Waals surface area contributed by atoms with Crippen LogP contribution in [0.1, 0.15) is 71.6 Å². The zero-order chi connectivity index (χ0) is 14.8. The quantitative estimate of drug-likeness (QED) is 0.276. The molecule has 0 radical (unpaired) electrons. The van der Waals surface area contributed by atoms with Gasteiger partial charge in [0.1, 0.15) is 0 Å². The molecule has 0 aromatic heterocycles. The van der Waals surface area contributed by atoms with E-state index in [1.807, 2.05) is 6.08 Å². The molecule has 20 heavy (non-hydrogen) atoms. The van der Waals surface area contributed by atoms with Crippen LogP contribution in [0.3, 0.4) is 0 Å². The standard InChI is InChI=1S/C17H34N2O/c1-4-6-7-8-9-12-16(19-18)17(20-5-2)13-10-11-15(3)14-17/h4,15-16,19H,1,5-14,18H2,2-3H3. The molecule has 1 aliphatic rings. The molecule has 0 heterocycles. The summed E-state index contributed by atoms with van der Waals surface area (Å²) in [5.74, 6) is 6.60. The van der Waals surface area contributed by atoms with Crippen molar-refractivity contribution >= 4 is 0 Å². The first kappa shape index (κ1) is 17.7. The van der Waals surface area contributed by atoms with Crippen LogP contribution in [0.15, 0.2) is 12.7 Å². The van der Waals surface area contributed by atoms with Crippen molar-refractivity contribution in [1.82, 2.24) is 5.43 Å². The summed E-state index contributed by atoms with van der Waals surface area (Å²) >= 11 is 0. The minimum atomic E-state index is -0.0421. The van der Waals surface area contributed by atoms with E-state index < -0.39 is 0 Å². The van der Waals surface area contributed by atoms with Crippen molar-refractivity contribution < 1.29 is 4.74 Å². The number of rotatable bonds is 10. The van der Waals surface area contributed by atoms with Gasteiger partial charge in [-0.3, -0.25) is 11.3 Å². The van der Waals surface area contributed by atoms with Gasteiger partial charge < -0.3 is 4.74 Å². The predicted octanol–water partition coefficient (Wildman–Crippen LogP) is 3.94. The molecule has 1 fully saturated rings. The fourth-order valence-electron chi connectivity index (χ4n) is 3.69. The lowest BCUT2D eigenvalue weighted by Crippen LogP contribution is -2.56. The molecule has 1 saturated carbocycles.